The van der Waals surface area contributed by atoms with Gasteiger partial charge >= 0.3 is 0 Å². The minimum Gasteiger partial charge on any atom is -0.338 e. The lowest BCUT2D eigenvalue weighted by atomic mass is 10.0. The summed E-state index contributed by atoms with van der Waals surface area (Å²) in [6.07, 6.45) is 7.11. The lowest BCUT2D eigenvalue weighted by Gasteiger charge is -2.32. The van der Waals surface area contributed by atoms with Crippen LogP contribution in [0.4, 0.5) is 5.69 Å². The molecule has 1 aliphatic rings. The third kappa shape index (κ3) is 4.20. The molecule has 0 bridgehead atoms. The van der Waals surface area contributed by atoms with E-state index in [1.807, 2.05) is 25.3 Å². The fraction of sp³-hybridized carbons (Fsp3) is 0.300. The molecule has 0 radical (unpaired) electrons. The van der Waals surface area contributed by atoms with E-state index in [0.717, 1.165) is 29.7 Å². The van der Waals surface area contributed by atoms with E-state index in [1.54, 1.807) is 34.9 Å². The van der Waals surface area contributed by atoms with E-state index in [9.17, 15) is 13.2 Å². The fourth-order valence-corrected chi connectivity index (χ4v) is 5.94. The molecule has 2 aromatic heterocycles. The van der Waals surface area contributed by atoms with Crippen molar-refractivity contribution in [2.45, 2.75) is 30.7 Å². The topological polar surface area (TPSA) is 84.3 Å². The van der Waals surface area contributed by atoms with Gasteiger partial charge in [0.25, 0.3) is 15.9 Å². The molecule has 0 unspecified atom stereocenters. The highest BCUT2D eigenvalue weighted by Crippen LogP contribution is 2.29. The molecule has 0 spiro atoms. The largest absolute Gasteiger partial charge is 0.338 e. The number of nitrogens with one attached hydrogen (secondary N) is 1. The van der Waals surface area contributed by atoms with Gasteiger partial charge in [-0.05, 0) is 43.3 Å². The minimum absolute atomic E-state index is 0.0322. The predicted octanol–water partition coefficient (Wildman–Crippen LogP) is 3.53. The molecule has 1 aliphatic heterocycles. The number of amides is 1. The van der Waals surface area contributed by atoms with Gasteiger partial charge in [-0.25, -0.2) is 13.4 Å². The van der Waals surface area contributed by atoms with Gasteiger partial charge in [-0.1, -0.05) is 17.7 Å². The number of carbonyl (C=O) groups is 1. The second-order valence-corrected chi connectivity index (χ2v) is 9.69. The number of likely N-dealkylation sites (tertiary alicyclic amines) is 1. The Labute approximate surface area is 174 Å². The van der Waals surface area contributed by atoms with Gasteiger partial charge in [-0.15, -0.1) is 11.3 Å². The zero-order valence-electron chi connectivity index (χ0n) is 16.0. The second-order valence-electron chi connectivity index (χ2n) is 7.12. The quantitative estimate of drug-likeness (QED) is 0.671. The molecular formula is C20H22N4O3S2. The van der Waals surface area contributed by atoms with Gasteiger partial charge in [-0.2, -0.15) is 0 Å². The summed E-state index contributed by atoms with van der Waals surface area (Å²) in [5, 5.41) is 1.65. The first-order chi connectivity index (χ1) is 13.9. The molecule has 152 valence electrons. The monoisotopic (exact) mass is 430 g/mol. The van der Waals surface area contributed by atoms with Gasteiger partial charge in [0.2, 0.25) is 0 Å². The number of imidazole rings is 1. The van der Waals surface area contributed by atoms with Crippen LogP contribution in [-0.2, 0) is 10.0 Å². The van der Waals surface area contributed by atoms with E-state index in [-0.39, 0.29) is 15.7 Å². The van der Waals surface area contributed by atoms with E-state index in [1.165, 1.54) is 6.07 Å². The van der Waals surface area contributed by atoms with Crippen molar-refractivity contribution in [2.24, 2.45) is 0 Å². The lowest BCUT2D eigenvalue weighted by molar-refractivity contribution is 0.0696. The third-order valence-electron chi connectivity index (χ3n) is 5.11. The van der Waals surface area contributed by atoms with Crippen molar-refractivity contribution in [3.63, 3.8) is 0 Å². The highest BCUT2D eigenvalue weighted by molar-refractivity contribution is 7.93. The number of anilines is 1. The first-order valence-electron chi connectivity index (χ1n) is 9.38. The third-order valence-corrected chi connectivity index (χ3v) is 7.57. The predicted molar refractivity (Wildman–Crippen MR) is 113 cm³/mol. The first kappa shape index (κ1) is 19.7. The van der Waals surface area contributed by atoms with E-state index >= 15 is 0 Å². The SMILES string of the molecule is Cc1ccc(NS(=O)(=O)c2ccsc2C(=O)N2CCC(n3ccnc3)CC2)cc1. The van der Waals surface area contributed by atoms with Crippen molar-refractivity contribution in [1.82, 2.24) is 14.5 Å². The maximum atomic E-state index is 13.0. The van der Waals surface area contributed by atoms with Crippen LogP contribution in [0, 0.1) is 6.92 Å². The molecule has 0 saturated carbocycles. The highest BCUT2D eigenvalue weighted by Gasteiger charge is 2.30. The van der Waals surface area contributed by atoms with Crippen LogP contribution in [0.1, 0.15) is 34.1 Å². The molecule has 1 aromatic carbocycles. The second kappa shape index (κ2) is 8.00. The molecule has 1 amide bonds. The summed E-state index contributed by atoms with van der Waals surface area (Å²) in [6, 6.07) is 8.90. The van der Waals surface area contributed by atoms with Crippen molar-refractivity contribution in [3.8, 4) is 0 Å². The Bertz CT molecular complexity index is 1080. The van der Waals surface area contributed by atoms with E-state index in [0.29, 0.717) is 24.8 Å². The van der Waals surface area contributed by atoms with E-state index < -0.39 is 10.0 Å². The van der Waals surface area contributed by atoms with Gasteiger partial charge in [0.05, 0.1) is 6.33 Å². The number of hydrogen-bond donors (Lipinski definition) is 1. The molecule has 9 heteroatoms. The normalized spacial score (nSPS) is 15.4. The molecule has 4 rings (SSSR count). The molecule has 0 atom stereocenters. The summed E-state index contributed by atoms with van der Waals surface area (Å²) in [7, 11) is -3.84. The Hall–Kier alpha value is -2.65. The number of sulfonamides is 1. The Morgan fingerprint density at radius 3 is 2.55 bits per heavy atom. The highest BCUT2D eigenvalue weighted by atomic mass is 32.2. The smallest absolute Gasteiger partial charge is 0.265 e. The Kier molecular flexibility index (Phi) is 5.42. The van der Waals surface area contributed by atoms with Gasteiger partial charge in [0.1, 0.15) is 9.77 Å². The molecular weight excluding hydrogens is 408 g/mol. The zero-order valence-corrected chi connectivity index (χ0v) is 17.6. The number of carbonyl (C=O) groups excluding carboxylic acids is 1. The number of aromatic nitrogens is 2. The maximum absolute atomic E-state index is 13.0. The van der Waals surface area contributed by atoms with Crippen LogP contribution in [0.25, 0.3) is 0 Å². The standard InChI is InChI=1S/C20H22N4O3S2/c1-15-2-4-16(5-3-15)22-29(26,27)18-8-13-28-19(18)20(25)23-10-6-17(7-11-23)24-12-9-21-14-24/h2-5,8-9,12-14,17,22H,6-7,10-11H2,1H3. The minimum atomic E-state index is -3.84. The summed E-state index contributed by atoms with van der Waals surface area (Å²) >= 11 is 1.16. The number of thiophene rings is 1. The van der Waals surface area contributed by atoms with Crippen LogP contribution < -0.4 is 4.72 Å². The van der Waals surface area contributed by atoms with Crippen LogP contribution in [0.2, 0.25) is 0 Å². The van der Waals surface area contributed by atoms with E-state index in [4.69, 9.17) is 0 Å². The molecule has 1 N–H and O–H groups in total. The lowest BCUT2D eigenvalue weighted by Crippen LogP contribution is -2.39. The van der Waals surface area contributed by atoms with Crippen LogP contribution in [0.3, 0.4) is 0 Å². The molecule has 29 heavy (non-hydrogen) atoms. The van der Waals surface area contributed by atoms with Gasteiger partial charge in [0, 0.05) is 37.2 Å². The maximum Gasteiger partial charge on any atom is 0.265 e. The summed E-state index contributed by atoms with van der Waals surface area (Å²) in [5.74, 6) is -0.228. The first-order valence-corrected chi connectivity index (χ1v) is 11.7. The number of aryl methyl sites for hydroxylation is 1. The fourth-order valence-electron chi connectivity index (χ4n) is 3.49. The average molecular weight is 431 g/mol. The number of rotatable bonds is 5. The molecule has 7 nitrogen and oxygen atoms in total. The van der Waals surface area contributed by atoms with E-state index in [2.05, 4.69) is 14.3 Å². The summed E-state index contributed by atoms with van der Waals surface area (Å²) in [4.78, 5) is 19.2. The van der Waals surface area contributed by atoms with Crippen molar-refractivity contribution < 1.29 is 13.2 Å². The Morgan fingerprint density at radius 1 is 1.17 bits per heavy atom. The van der Waals surface area contributed by atoms with Crippen molar-refractivity contribution in [2.75, 3.05) is 17.8 Å². The van der Waals surface area contributed by atoms with Crippen LogP contribution in [-0.4, -0.2) is 41.9 Å². The molecule has 3 heterocycles. The van der Waals surface area contributed by atoms with Crippen LogP contribution in [0.15, 0.2) is 59.3 Å². The molecule has 3 aromatic rings. The van der Waals surface area contributed by atoms with Crippen molar-refractivity contribution >= 4 is 33.0 Å². The van der Waals surface area contributed by atoms with Crippen LogP contribution >= 0.6 is 11.3 Å². The molecule has 1 fully saturated rings. The van der Waals surface area contributed by atoms with Crippen molar-refractivity contribution in [3.05, 3.63) is 64.9 Å². The summed E-state index contributed by atoms with van der Waals surface area (Å²) in [6.45, 7) is 3.11. The van der Waals surface area contributed by atoms with Gasteiger partial charge in [-0.3, -0.25) is 9.52 Å². The van der Waals surface area contributed by atoms with Gasteiger partial charge in [0.15, 0.2) is 0 Å². The number of hydrogen-bond acceptors (Lipinski definition) is 5. The zero-order chi connectivity index (χ0) is 20.4. The average Bonchev–Trinajstić information content (AvgIpc) is 3.42. The Morgan fingerprint density at radius 2 is 1.90 bits per heavy atom. The number of nitrogens with zero attached hydrogens (tertiary/aromatic N) is 3. The van der Waals surface area contributed by atoms with Gasteiger partial charge < -0.3 is 9.47 Å². The summed E-state index contributed by atoms with van der Waals surface area (Å²) < 4.78 is 30.4. The van der Waals surface area contributed by atoms with Crippen LogP contribution in [0.5, 0.6) is 0 Å². The number of piperidine rings is 1. The molecule has 0 aliphatic carbocycles. The van der Waals surface area contributed by atoms with Crippen molar-refractivity contribution in [1.29, 1.82) is 0 Å². The Balaban J connectivity index is 1.48. The summed E-state index contributed by atoms with van der Waals surface area (Å²) in [5.41, 5.74) is 1.51. The molecule has 1 saturated heterocycles. The number of benzene rings is 1.